The topological polar surface area (TPSA) is 128 Å². The highest BCUT2D eigenvalue weighted by Gasteiger charge is 2.21. The Morgan fingerprint density at radius 1 is 1.06 bits per heavy atom. The van der Waals surface area contributed by atoms with Crippen molar-refractivity contribution in [1.29, 1.82) is 0 Å². The maximum Gasteiger partial charge on any atom is 0.227 e. The second kappa shape index (κ2) is 9.23. The quantitative estimate of drug-likeness (QED) is 0.369. The highest BCUT2D eigenvalue weighted by molar-refractivity contribution is 7.90. The zero-order valence-electron chi connectivity index (χ0n) is 19.1. The molecule has 2 heterocycles. The minimum Gasteiger partial charge on any atom is -0.351 e. The van der Waals surface area contributed by atoms with Crippen molar-refractivity contribution in [2.24, 2.45) is 5.73 Å². The van der Waals surface area contributed by atoms with E-state index in [9.17, 15) is 12.8 Å². The van der Waals surface area contributed by atoms with Crippen molar-refractivity contribution in [3.63, 3.8) is 0 Å². The number of rotatable bonds is 6. The second-order valence-electron chi connectivity index (χ2n) is 8.84. The molecule has 1 fully saturated rings. The van der Waals surface area contributed by atoms with E-state index in [1.807, 2.05) is 0 Å². The molecule has 0 bridgehead atoms. The lowest BCUT2D eigenvalue weighted by Crippen LogP contribution is -2.33. The summed E-state index contributed by atoms with van der Waals surface area (Å²) >= 11 is 0. The van der Waals surface area contributed by atoms with Gasteiger partial charge in [0.15, 0.2) is 26.8 Å². The normalized spacial score (nSPS) is 18.5. The van der Waals surface area contributed by atoms with Crippen LogP contribution in [0.2, 0.25) is 0 Å². The van der Waals surface area contributed by atoms with Crippen molar-refractivity contribution in [3.8, 4) is 5.69 Å². The summed E-state index contributed by atoms with van der Waals surface area (Å²) in [5, 5.41) is 6.65. The lowest BCUT2D eigenvalue weighted by molar-refractivity contribution is 0.410. The van der Waals surface area contributed by atoms with Gasteiger partial charge in [-0.2, -0.15) is 9.97 Å². The van der Waals surface area contributed by atoms with Gasteiger partial charge >= 0.3 is 0 Å². The van der Waals surface area contributed by atoms with Crippen LogP contribution < -0.4 is 16.4 Å². The first kappa shape index (κ1) is 23.2. The maximum absolute atomic E-state index is 13.9. The summed E-state index contributed by atoms with van der Waals surface area (Å²) in [7, 11) is -3.30. The Morgan fingerprint density at radius 3 is 2.49 bits per heavy atom. The van der Waals surface area contributed by atoms with Crippen LogP contribution in [-0.2, 0) is 9.84 Å². The molecule has 0 spiro atoms. The van der Waals surface area contributed by atoms with E-state index in [2.05, 4.69) is 20.6 Å². The van der Waals surface area contributed by atoms with Gasteiger partial charge in [-0.1, -0.05) is 6.07 Å². The van der Waals surface area contributed by atoms with E-state index in [0.717, 1.165) is 25.7 Å². The molecule has 0 saturated heterocycles. The Balaban J connectivity index is 1.54. The van der Waals surface area contributed by atoms with Crippen LogP contribution in [0.1, 0.15) is 25.7 Å². The Bertz CT molecular complexity index is 1460. The molecule has 0 amide bonds. The molecule has 182 valence electrons. The maximum atomic E-state index is 13.9. The van der Waals surface area contributed by atoms with E-state index in [4.69, 9.17) is 10.7 Å². The number of nitrogens with one attached hydrogen (secondary N) is 2. The van der Waals surface area contributed by atoms with Crippen molar-refractivity contribution < 1.29 is 12.8 Å². The zero-order valence-corrected chi connectivity index (χ0v) is 20.0. The van der Waals surface area contributed by atoms with Crippen LogP contribution in [0.25, 0.3) is 16.9 Å². The van der Waals surface area contributed by atoms with Gasteiger partial charge in [0.05, 0.1) is 10.6 Å². The van der Waals surface area contributed by atoms with Gasteiger partial charge in [0.25, 0.3) is 0 Å². The SMILES string of the molecule is CS(=O)(=O)c1ccc(Nc2nc(NC3CCC(N)CC3)nc3c2ncn3-c2cccc(F)c2)cc1. The highest BCUT2D eigenvalue weighted by Crippen LogP contribution is 2.28. The fourth-order valence-electron chi connectivity index (χ4n) is 4.23. The van der Waals surface area contributed by atoms with Crippen LogP contribution in [0.5, 0.6) is 0 Å². The largest absolute Gasteiger partial charge is 0.351 e. The lowest BCUT2D eigenvalue weighted by atomic mass is 9.92. The predicted octanol–water partition coefficient (Wildman–Crippen LogP) is 3.78. The van der Waals surface area contributed by atoms with Crippen LogP contribution >= 0.6 is 0 Å². The van der Waals surface area contributed by atoms with Crippen LogP contribution in [0.4, 0.5) is 21.8 Å². The van der Waals surface area contributed by atoms with Crippen molar-refractivity contribution in [2.75, 3.05) is 16.9 Å². The lowest BCUT2D eigenvalue weighted by Gasteiger charge is -2.26. The third-order valence-electron chi connectivity index (χ3n) is 6.13. The van der Waals surface area contributed by atoms with Gasteiger partial charge in [0.1, 0.15) is 12.1 Å². The van der Waals surface area contributed by atoms with Gasteiger partial charge in [-0.05, 0) is 68.1 Å². The molecule has 9 nitrogen and oxygen atoms in total. The molecular formula is C24H26FN7O2S. The average molecular weight is 496 g/mol. The Labute approximate surface area is 202 Å². The molecule has 1 aliphatic rings. The number of halogens is 1. The first-order valence-electron chi connectivity index (χ1n) is 11.4. The Morgan fingerprint density at radius 2 is 1.80 bits per heavy atom. The number of benzene rings is 2. The van der Waals surface area contributed by atoms with Crippen molar-refractivity contribution in [1.82, 2.24) is 19.5 Å². The molecule has 2 aromatic carbocycles. The highest BCUT2D eigenvalue weighted by atomic mass is 32.2. The molecule has 1 saturated carbocycles. The van der Waals surface area contributed by atoms with Crippen LogP contribution in [0, 0.1) is 5.82 Å². The number of imidazole rings is 1. The molecule has 1 aliphatic carbocycles. The fourth-order valence-corrected chi connectivity index (χ4v) is 4.87. The first-order valence-corrected chi connectivity index (χ1v) is 13.3. The summed E-state index contributed by atoms with van der Waals surface area (Å²) in [6.45, 7) is 0. The second-order valence-corrected chi connectivity index (χ2v) is 10.9. The van der Waals surface area contributed by atoms with Crippen molar-refractivity contribution >= 4 is 38.5 Å². The molecule has 0 aliphatic heterocycles. The van der Waals surface area contributed by atoms with Gasteiger partial charge in [-0.15, -0.1) is 0 Å². The van der Waals surface area contributed by atoms with Crippen LogP contribution in [0.15, 0.2) is 59.8 Å². The summed E-state index contributed by atoms with van der Waals surface area (Å²) in [5.74, 6) is 0.512. The van der Waals surface area contributed by atoms with Crippen LogP contribution in [0.3, 0.4) is 0 Å². The van der Waals surface area contributed by atoms with Gasteiger partial charge in [0.2, 0.25) is 5.95 Å². The molecule has 0 unspecified atom stereocenters. The van der Waals surface area contributed by atoms with E-state index in [-0.39, 0.29) is 22.8 Å². The standard InChI is InChI=1S/C24H26FN7O2S/c1-35(33,34)20-11-9-17(10-12-20)28-22-21-23(32(14-27-21)19-4-2-3-15(25)13-19)31-24(30-22)29-18-7-5-16(26)6-8-18/h2-4,9-14,16,18H,5-8,26H2,1H3,(H2,28,29,30,31). The zero-order chi connectivity index (χ0) is 24.6. The van der Waals surface area contributed by atoms with E-state index in [1.165, 1.54) is 30.5 Å². The van der Waals surface area contributed by atoms with Gasteiger partial charge < -0.3 is 16.4 Å². The van der Waals surface area contributed by atoms with E-state index >= 15 is 0 Å². The van der Waals surface area contributed by atoms with Gasteiger partial charge in [0, 0.05) is 24.0 Å². The number of sulfone groups is 1. The summed E-state index contributed by atoms with van der Waals surface area (Å²) in [6, 6.07) is 13.0. The number of nitrogens with zero attached hydrogens (tertiary/aromatic N) is 4. The fraction of sp³-hybridized carbons (Fsp3) is 0.292. The van der Waals surface area contributed by atoms with E-state index in [0.29, 0.717) is 34.3 Å². The van der Waals surface area contributed by atoms with E-state index in [1.54, 1.807) is 35.2 Å². The summed E-state index contributed by atoms with van der Waals surface area (Å²) in [5.41, 5.74) is 8.29. The smallest absolute Gasteiger partial charge is 0.227 e. The molecule has 11 heteroatoms. The number of hydrogen-bond donors (Lipinski definition) is 3. The molecule has 0 radical (unpaired) electrons. The van der Waals surface area contributed by atoms with Gasteiger partial charge in [-0.3, -0.25) is 4.57 Å². The Hall–Kier alpha value is -3.57. The predicted molar refractivity (Wildman–Crippen MR) is 133 cm³/mol. The van der Waals surface area contributed by atoms with Crippen molar-refractivity contribution in [3.05, 3.63) is 60.7 Å². The molecule has 2 aromatic heterocycles. The van der Waals surface area contributed by atoms with E-state index < -0.39 is 9.84 Å². The number of hydrogen-bond acceptors (Lipinski definition) is 8. The molecule has 4 N–H and O–H groups in total. The van der Waals surface area contributed by atoms with Crippen molar-refractivity contribution in [2.45, 2.75) is 42.7 Å². The molecule has 4 aromatic rings. The number of nitrogens with two attached hydrogens (primary N) is 1. The van der Waals surface area contributed by atoms with Gasteiger partial charge in [-0.25, -0.2) is 17.8 Å². The summed E-state index contributed by atoms with van der Waals surface area (Å²) in [4.78, 5) is 14.1. The summed E-state index contributed by atoms with van der Waals surface area (Å²) in [6.07, 6.45) is 6.44. The third kappa shape index (κ3) is 5.10. The third-order valence-corrected chi connectivity index (χ3v) is 7.26. The molecular weight excluding hydrogens is 469 g/mol. The molecule has 5 rings (SSSR count). The average Bonchev–Trinajstić information content (AvgIpc) is 3.25. The Kier molecular flexibility index (Phi) is 6.12. The first-order chi connectivity index (χ1) is 16.8. The number of aromatic nitrogens is 4. The number of anilines is 3. The summed E-state index contributed by atoms with van der Waals surface area (Å²) < 4.78 is 39.2. The van der Waals surface area contributed by atoms with Crippen LogP contribution in [-0.4, -0.2) is 46.3 Å². The number of fused-ring (bicyclic) bond motifs is 1. The minimum absolute atomic E-state index is 0.194. The molecule has 0 atom stereocenters. The molecule has 35 heavy (non-hydrogen) atoms. The monoisotopic (exact) mass is 495 g/mol. The minimum atomic E-state index is -3.30.